The number of aryl methyl sites for hydroxylation is 1. The Morgan fingerprint density at radius 1 is 1.18 bits per heavy atom. The molecule has 0 amide bonds. The van der Waals surface area contributed by atoms with Crippen molar-refractivity contribution in [1.82, 2.24) is 0 Å². The van der Waals surface area contributed by atoms with Crippen LogP contribution in [0.4, 0.5) is 5.69 Å². The second kappa shape index (κ2) is 5.72. The van der Waals surface area contributed by atoms with Crippen LogP contribution < -0.4 is 5.32 Å². The van der Waals surface area contributed by atoms with Gasteiger partial charge in [0.05, 0.1) is 11.6 Å². The summed E-state index contributed by atoms with van der Waals surface area (Å²) in [4.78, 5) is 0. The van der Waals surface area contributed by atoms with E-state index in [1.807, 2.05) is 19.1 Å². The minimum atomic E-state index is 0.616. The van der Waals surface area contributed by atoms with Gasteiger partial charge in [-0.15, -0.1) is 0 Å². The minimum absolute atomic E-state index is 0.616. The van der Waals surface area contributed by atoms with Crippen molar-refractivity contribution < 1.29 is 0 Å². The fourth-order valence-electron chi connectivity index (χ4n) is 2.54. The van der Waals surface area contributed by atoms with E-state index >= 15 is 0 Å². The molecule has 2 heteroatoms. The van der Waals surface area contributed by atoms with Crippen molar-refractivity contribution in [3.63, 3.8) is 0 Å². The van der Waals surface area contributed by atoms with Crippen molar-refractivity contribution in [3.05, 3.63) is 29.3 Å². The Labute approximate surface area is 104 Å². The number of nitrogens with one attached hydrogen (secondary N) is 1. The van der Waals surface area contributed by atoms with Gasteiger partial charge in [-0.1, -0.05) is 25.7 Å². The van der Waals surface area contributed by atoms with E-state index in [9.17, 15) is 0 Å². The second-order valence-electron chi connectivity index (χ2n) is 4.97. The van der Waals surface area contributed by atoms with Gasteiger partial charge in [0, 0.05) is 11.7 Å². The predicted octanol–water partition coefficient (Wildman–Crippen LogP) is 4.00. The summed E-state index contributed by atoms with van der Waals surface area (Å²) >= 11 is 0. The van der Waals surface area contributed by atoms with E-state index in [0.29, 0.717) is 6.04 Å². The average Bonchev–Trinajstić information content (AvgIpc) is 2.58. The second-order valence-corrected chi connectivity index (χ2v) is 4.97. The Bertz CT molecular complexity index is 409. The molecule has 2 rings (SSSR count). The SMILES string of the molecule is Cc1cc(NC2CCCCCC2)ccc1C#N. The third-order valence-electron chi connectivity index (χ3n) is 3.57. The van der Waals surface area contributed by atoms with E-state index in [-0.39, 0.29) is 0 Å². The van der Waals surface area contributed by atoms with E-state index in [2.05, 4.69) is 17.5 Å². The van der Waals surface area contributed by atoms with E-state index in [4.69, 9.17) is 5.26 Å². The van der Waals surface area contributed by atoms with Crippen LogP contribution in [0, 0.1) is 18.3 Å². The number of anilines is 1. The van der Waals surface area contributed by atoms with Gasteiger partial charge < -0.3 is 5.32 Å². The Balaban J connectivity index is 2.03. The molecule has 0 unspecified atom stereocenters. The molecule has 1 fully saturated rings. The molecule has 17 heavy (non-hydrogen) atoms. The summed E-state index contributed by atoms with van der Waals surface area (Å²) in [5.74, 6) is 0. The number of benzene rings is 1. The quantitative estimate of drug-likeness (QED) is 0.776. The fourth-order valence-corrected chi connectivity index (χ4v) is 2.54. The van der Waals surface area contributed by atoms with Crippen LogP contribution >= 0.6 is 0 Å². The summed E-state index contributed by atoms with van der Waals surface area (Å²) in [6.07, 6.45) is 7.99. The lowest BCUT2D eigenvalue weighted by molar-refractivity contribution is 0.620. The van der Waals surface area contributed by atoms with Crippen LogP contribution in [0.15, 0.2) is 18.2 Å². The molecule has 1 aliphatic rings. The van der Waals surface area contributed by atoms with Gasteiger partial charge in [-0.2, -0.15) is 5.26 Å². The highest BCUT2D eigenvalue weighted by atomic mass is 14.9. The molecule has 0 aromatic heterocycles. The zero-order valence-electron chi connectivity index (χ0n) is 10.5. The van der Waals surface area contributed by atoms with Gasteiger partial charge in [-0.25, -0.2) is 0 Å². The first-order valence-corrected chi connectivity index (χ1v) is 6.57. The topological polar surface area (TPSA) is 35.8 Å². The van der Waals surface area contributed by atoms with Gasteiger partial charge in [-0.05, 0) is 43.5 Å². The van der Waals surface area contributed by atoms with Crippen LogP contribution in [0.1, 0.15) is 49.7 Å². The number of nitrogens with zero attached hydrogens (tertiary/aromatic N) is 1. The standard InChI is InChI=1S/C15H20N2/c1-12-10-15(9-8-13(12)11-16)17-14-6-4-2-3-5-7-14/h8-10,14,17H,2-7H2,1H3. The third-order valence-corrected chi connectivity index (χ3v) is 3.57. The number of nitriles is 1. The molecule has 0 saturated heterocycles. The molecule has 0 spiro atoms. The zero-order chi connectivity index (χ0) is 12.1. The molecule has 0 heterocycles. The van der Waals surface area contributed by atoms with Gasteiger partial charge in [0.2, 0.25) is 0 Å². The van der Waals surface area contributed by atoms with E-state index in [0.717, 1.165) is 16.8 Å². The van der Waals surface area contributed by atoms with Crippen LogP contribution in [0.3, 0.4) is 0 Å². The molecule has 90 valence electrons. The Morgan fingerprint density at radius 3 is 2.47 bits per heavy atom. The first kappa shape index (κ1) is 12.0. The molecule has 1 N–H and O–H groups in total. The lowest BCUT2D eigenvalue weighted by Crippen LogP contribution is -2.18. The summed E-state index contributed by atoms with van der Waals surface area (Å²) in [5.41, 5.74) is 3.00. The summed E-state index contributed by atoms with van der Waals surface area (Å²) in [7, 11) is 0. The monoisotopic (exact) mass is 228 g/mol. The Hall–Kier alpha value is -1.49. The van der Waals surface area contributed by atoms with Crippen molar-refractivity contribution >= 4 is 5.69 Å². The molecule has 1 aromatic carbocycles. The summed E-state index contributed by atoms with van der Waals surface area (Å²) < 4.78 is 0. The number of hydrogen-bond acceptors (Lipinski definition) is 2. The molecule has 0 bridgehead atoms. The van der Waals surface area contributed by atoms with Gasteiger partial charge in [0.25, 0.3) is 0 Å². The summed E-state index contributed by atoms with van der Waals surface area (Å²) in [6.45, 7) is 2.00. The van der Waals surface area contributed by atoms with Crippen molar-refractivity contribution in [2.45, 2.75) is 51.5 Å². The Morgan fingerprint density at radius 2 is 1.88 bits per heavy atom. The maximum atomic E-state index is 8.90. The van der Waals surface area contributed by atoms with Crippen molar-refractivity contribution in [2.24, 2.45) is 0 Å². The van der Waals surface area contributed by atoms with Gasteiger partial charge in [0.15, 0.2) is 0 Å². The molecule has 0 atom stereocenters. The third kappa shape index (κ3) is 3.23. The van der Waals surface area contributed by atoms with E-state index < -0.39 is 0 Å². The van der Waals surface area contributed by atoms with Crippen molar-refractivity contribution in [2.75, 3.05) is 5.32 Å². The van der Waals surface area contributed by atoms with Gasteiger partial charge >= 0.3 is 0 Å². The molecule has 1 aliphatic carbocycles. The Kier molecular flexibility index (Phi) is 4.03. The van der Waals surface area contributed by atoms with E-state index in [1.54, 1.807) is 0 Å². The molecular weight excluding hydrogens is 208 g/mol. The van der Waals surface area contributed by atoms with Crippen LogP contribution in [0.2, 0.25) is 0 Å². The van der Waals surface area contributed by atoms with Gasteiger partial charge in [-0.3, -0.25) is 0 Å². The number of rotatable bonds is 2. The molecule has 2 nitrogen and oxygen atoms in total. The molecular formula is C15H20N2. The fraction of sp³-hybridized carbons (Fsp3) is 0.533. The van der Waals surface area contributed by atoms with E-state index in [1.165, 1.54) is 38.5 Å². The summed E-state index contributed by atoms with van der Waals surface area (Å²) in [5, 5.41) is 12.5. The van der Waals surface area contributed by atoms with Crippen molar-refractivity contribution in [1.29, 1.82) is 5.26 Å². The molecule has 1 aromatic rings. The van der Waals surface area contributed by atoms with Crippen LogP contribution in [0.5, 0.6) is 0 Å². The average molecular weight is 228 g/mol. The molecule has 0 aliphatic heterocycles. The maximum Gasteiger partial charge on any atom is 0.0994 e. The summed E-state index contributed by atoms with van der Waals surface area (Å²) in [6, 6.07) is 8.85. The highest BCUT2D eigenvalue weighted by Gasteiger charge is 2.12. The van der Waals surface area contributed by atoms with Crippen molar-refractivity contribution in [3.8, 4) is 6.07 Å². The zero-order valence-corrected chi connectivity index (χ0v) is 10.5. The predicted molar refractivity (Wildman–Crippen MR) is 71.0 cm³/mol. The normalized spacial score (nSPS) is 17.2. The largest absolute Gasteiger partial charge is 0.382 e. The van der Waals surface area contributed by atoms with Gasteiger partial charge in [0.1, 0.15) is 0 Å². The minimum Gasteiger partial charge on any atom is -0.382 e. The number of hydrogen-bond donors (Lipinski definition) is 1. The smallest absolute Gasteiger partial charge is 0.0994 e. The van der Waals surface area contributed by atoms with Crippen LogP contribution in [0.25, 0.3) is 0 Å². The first-order valence-electron chi connectivity index (χ1n) is 6.57. The van der Waals surface area contributed by atoms with Crippen LogP contribution in [-0.4, -0.2) is 6.04 Å². The molecule has 0 radical (unpaired) electrons. The highest BCUT2D eigenvalue weighted by Crippen LogP contribution is 2.22. The first-order chi connectivity index (χ1) is 8.29. The lowest BCUT2D eigenvalue weighted by Gasteiger charge is -2.18. The molecule has 1 saturated carbocycles. The lowest BCUT2D eigenvalue weighted by atomic mass is 10.1. The highest BCUT2D eigenvalue weighted by molar-refractivity contribution is 5.52. The van der Waals surface area contributed by atoms with Crippen LogP contribution in [-0.2, 0) is 0 Å². The maximum absolute atomic E-state index is 8.90.